The van der Waals surface area contributed by atoms with E-state index in [9.17, 15) is 9.90 Å². The smallest absolute Gasteiger partial charge is 0.224 e. The molecule has 0 aromatic heterocycles. The lowest BCUT2D eigenvalue weighted by Crippen LogP contribution is -2.44. The maximum Gasteiger partial charge on any atom is 0.224 e. The summed E-state index contributed by atoms with van der Waals surface area (Å²) in [7, 11) is 0. The SMILES string of the molecule is CC(C)CC(CN)C(=O)N[C@@H](CO)Cc1ccccc1. The molecule has 0 saturated heterocycles. The first kappa shape index (κ1) is 16.7. The molecule has 0 radical (unpaired) electrons. The molecule has 0 saturated carbocycles. The predicted octanol–water partition coefficient (Wildman–Crippen LogP) is 1.33. The van der Waals surface area contributed by atoms with Gasteiger partial charge in [-0.1, -0.05) is 44.2 Å². The van der Waals surface area contributed by atoms with E-state index < -0.39 is 0 Å². The molecule has 1 aromatic carbocycles. The van der Waals surface area contributed by atoms with Crippen LogP contribution in [0.4, 0.5) is 0 Å². The molecular weight excluding hydrogens is 252 g/mol. The first-order valence-corrected chi connectivity index (χ1v) is 7.22. The molecule has 0 heterocycles. The standard InChI is InChI=1S/C16H26N2O2/c1-12(2)8-14(10-17)16(20)18-15(11-19)9-13-6-4-3-5-7-13/h3-7,12,14-15,19H,8-11,17H2,1-2H3,(H,18,20)/t14?,15-/m1/s1. The van der Waals surface area contributed by atoms with Gasteiger partial charge in [0.15, 0.2) is 0 Å². The van der Waals surface area contributed by atoms with Crippen LogP contribution in [0.5, 0.6) is 0 Å². The van der Waals surface area contributed by atoms with Crippen LogP contribution in [0.3, 0.4) is 0 Å². The van der Waals surface area contributed by atoms with Gasteiger partial charge in [-0.15, -0.1) is 0 Å². The van der Waals surface area contributed by atoms with Gasteiger partial charge >= 0.3 is 0 Å². The van der Waals surface area contributed by atoms with E-state index in [1.54, 1.807) is 0 Å². The first-order chi connectivity index (χ1) is 9.56. The third-order valence-electron chi connectivity index (χ3n) is 3.30. The van der Waals surface area contributed by atoms with Gasteiger partial charge in [-0.25, -0.2) is 0 Å². The summed E-state index contributed by atoms with van der Waals surface area (Å²) in [6.07, 6.45) is 1.40. The predicted molar refractivity (Wildman–Crippen MR) is 81.2 cm³/mol. The zero-order valence-electron chi connectivity index (χ0n) is 12.4. The summed E-state index contributed by atoms with van der Waals surface area (Å²) >= 11 is 0. The Balaban J connectivity index is 2.56. The lowest BCUT2D eigenvalue weighted by molar-refractivity contribution is -0.126. The lowest BCUT2D eigenvalue weighted by atomic mass is 9.95. The fourth-order valence-corrected chi connectivity index (χ4v) is 2.26. The Labute approximate surface area is 121 Å². The van der Waals surface area contributed by atoms with E-state index in [0.29, 0.717) is 18.9 Å². The monoisotopic (exact) mass is 278 g/mol. The fourth-order valence-electron chi connectivity index (χ4n) is 2.26. The van der Waals surface area contributed by atoms with Crippen LogP contribution in [-0.2, 0) is 11.2 Å². The second-order valence-corrected chi connectivity index (χ2v) is 5.64. The van der Waals surface area contributed by atoms with Crippen molar-refractivity contribution < 1.29 is 9.90 Å². The average Bonchev–Trinajstić information content (AvgIpc) is 2.44. The molecule has 4 heteroatoms. The summed E-state index contributed by atoms with van der Waals surface area (Å²) in [6.45, 7) is 4.42. The number of carbonyl (C=O) groups excluding carboxylic acids is 1. The minimum atomic E-state index is -0.258. The third kappa shape index (κ3) is 5.72. The highest BCUT2D eigenvalue weighted by atomic mass is 16.3. The molecule has 112 valence electrons. The van der Waals surface area contributed by atoms with Crippen LogP contribution < -0.4 is 11.1 Å². The van der Waals surface area contributed by atoms with Crippen molar-refractivity contribution in [3.8, 4) is 0 Å². The molecule has 20 heavy (non-hydrogen) atoms. The van der Waals surface area contributed by atoms with Crippen molar-refractivity contribution in [2.45, 2.75) is 32.7 Å². The van der Waals surface area contributed by atoms with E-state index in [-0.39, 0.29) is 24.5 Å². The van der Waals surface area contributed by atoms with E-state index in [0.717, 1.165) is 12.0 Å². The van der Waals surface area contributed by atoms with E-state index in [4.69, 9.17) is 5.73 Å². The Morgan fingerprint density at radius 1 is 1.30 bits per heavy atom. The van der Waals surface area contributed by atoms with Crippen LogP contribution in [0.2, 0.25) is 0 Å². The van der Waals surface area contributed by atoms with Crippen LogP contribution >= 0.6 is 0 Å². The van der Waals surface area contributed by atoms with E-state index in [1.165, 1.54) is 0 Å². The molecule has 2 atom stereocenters. The van der Waals surface area contributed by atoms with Gasteiger partial charge in [-0.2, -0.15) is 0 Å². The Morgan fingerprint density at radius 2 is 1.95 bits per heavy atom. The molecule has 0 aliphatic rings. The highest BCUT2D eigenvalue weighted by molar-refractivity contribution is 5.79. The molecule has 1 aromatic rings. The van der Waals surface area contributed by atoms with Gasteiger partial charge in [0.05, 0.1) is 18.6 Å². The van der Waals surface area contributed by atoms with Gasteiger partial charge in [0.1, 0.15) is 0 Å². The topological polar surface area (TPSA) is 75.4 Å². The molecule has 0 aliphatic heterocycles. The van der Waals surface area contributed by atoms with Crippen molar-refractivity contribution >= 4 is 5.91 Å². The fraction of sp³-hybridized carbons (Fsp3) is 0.562. The second kappa shape index (κ2) is 8.72. The van der Waals surface area contributed by atoms with E-state index in [2.05, 4.69) is 19.2 Å². The van der Waals surface area contributed by atoms with Crippen LogP contribution in [0.15, 0.2) is 30.3 Å². The Hall–Kier alpha value is -1.39. The van der Waals surface area contributed by atoms with Crippen molar-refractivity contribution in [2.24, 2.45) is 17.6 Å². The minimum absolute atomic E-state index is 0.0591. The largest absolute Gasteiger partial charge is 0.394 e. The van der Waals surface area contributed by atoms with Crippen molar-refractivity contribution in [3.05, 3.63) is 35.9 Å². The van der Waals surface area contributed by atoms with Gasteiger partial charge < -0.3 is 16.2 Å². The Morgan fingerprint density at radius 3 is 2.45 bits per heavy atom. The van der Waals surface area contributed by atoms with Gasteiger partial charge in [-0.05, 0) is 24.3 Å². The molecular formula is C16H26N2O2. The number of carbonyl (C=O) groups is 1. The van der Waals surface area contributed by atoms with E-state index >= 15 is 0 Å². The van der Waals surface area contributed by atoms with Gasteiger partial charge in [-0.3, -0.25) is 4.79 Å². The molecule has 0 aliphatic carbocycles. The summed E-state index contributed by atoms with van der Waals surface area (Å²) in [5, 5.41) is 12.3. The number of amides is 1. The molecule has 1 rings (SSSR count). The van der Waals surface area contributed by atoms with Crippen LogP contribution in [-0.4, -0.2) is 30.2 Å². The normalized spacial score (nSPS) is 14.1. The maximum atomic E-state index is 12.2. The Bertz CT molecular complexity index is 393. The summed E-state index contributed by atoms with van der Waals surface area (Å²) < 4.78 is 0. The number of aliphatic hydroxyl groups excluding tert-OH is 1. The average molecular weight is 278 g/mol. The second-order valence-electron chi connectivity index (χ2n) is 5.64. The van der Waals surface area contributed by atoms with Crippen molar-refractivity contribution in [1.29, 1.82) is 0 Å². The number of benzene rings is 1. The number of aliphatic hydroxyl groups is 1. The number of rotatable bonds is 8. The van der Waals surface area contributed by atoms with Crippen LogP contribution in [0.25, 0.3) is 0 Å². The Kier molecular flexibility index (Phi) is 7.26. The van der Waals surface area contributed by atoms with Gasteiger partial charge in [0.2, 0.25) is 5.91 Å². The molecule has 1 unspecified atom stereocenters. The molecule has 4 N–H and O–H groups in total. The third-order valence-corrected chi connectivity index (χ3v) is 3.30. The van der Waals surface area contributed by atoms with Gasteiger partial charge in [0.25, 0.3) is 0 Å². The van der Waals surface area contributed by atoms with E-state index in [1.807, 2.05) is 30.3 Å². The van der Waals surface area contributed by atoms with Gasteiger partial charge in [0, 0.05) is 6.54 Å². The molecule has 0 bridgehead atoms. The molecule has 0 spiro atoms. The zero-order valence-corrected chi connectivity index (χ0v) is 12.4. The molecule has 0 fully saturated rings. The summed E-state index contributed by atoms with van der Waals surface area (Å²) in [5.74, 6) is 0.187. The number of nitrogens with two attached hydrogens (primary N) is 1. The molecule has 4 nitrogen and oxygen atoms in total. The number of hydrogen-bond acceptors (Lipinski definition) is 3. The summed E-state index contributed by atoms with van der Waals surface area (Å²) in [5.41, 5.74) is 6.77. The van der Waals surface area contributed by atoms with Crippen molar-refractivity contribution in [1.82, 2.24) is 5.32 Å². The highest BCUT2D eigenvalue weighted by Crippen LogP contribution is 2.11. The summed E-state index contributed by atoms with van der Waals surface area (Å²) in [4.78, 5) is 12.2. The lowest BCUT2D eigenvalue weighted by Gasteiger charge is -2.21. The maximum absolute atomic E-state index is 12.2. The summed E-state index contributed by atoms with van der Waals surface area (Å²) in [6, 6.07) is 9.57. The molecule has 1 amide bonds. The van der Waals surface area contributed by atoms with Crippen molar-refractivity contribution in [3.63, 3.8) is 0 Å². The zero-order chi connectivity index (χ0) is 15.0. The van der Waals surface area contributed by atoms with Crippen LogP contribution in [0, 0.1) is 11.8 Å². The quantitative estimate of drug-likeness (QED) is 0.671. The highest BCUT2D eigenvalue weighted by Gasteiger charge is 2.21. The van der Waals surface area contributed by atoms with Crippen LogP contribution in [0.1, 0.15) is 25.8 Å². The van der Waals surface area contributed by atoms with Crippen molar-refractivity contribution in [2.75, 3.05) is 13.2 Å². The number of hydrogen-bond donors (Lipinski definition) is 3. The number of nitrogens with one attached hydrogen (secondary N) is 1. The first-order valence-electron chi connectivity index (χ1n) is 7.22. The minimum Gasteiger partial charge on any atom is -0.394 e.